The number of hydrogen-bond acceptors (Lipinski definition) is 9. The van der Waals surface area contributed by atoms with E-state index < -0.39 is 0 Å². The van der Waals surface area contributed by atoms with Crippen molar-refractivity contribution in [1.82, 2.24) is 30.0 Å². The molecular formula is C39H43N7O2. The summed E-state index contributed by atoms with van der Waals surface area (Å²) in [5.74, 6) is 2.45. The Balaban J connectivity index is 0.960. The van der Waals surface area contributed by atoms with Crippen molar-refractivity contribution < 1.29 is 9.59 Å². The Morgan fingerprint density at radius 2 is 1.69 bits per heavy atom. The van der Waals surface area contributed by atoms with Crippen molar-refractivity contribution >= 4 is 17.5 Å². The van der Waals surface area contributed by atoms with Gasteiger partial charge in [-0.05, 0) is 92.2 Å². The lowest BCUT2D eigenvalue weighted by molar-refractivity contribution is -0.129. The molecule has 6 atom stereocenters. The van der Waals surface area contributed by atoms with E-state index in [2.05, 4.69) is 62.9 Å². The molecule has 3 fully saturated rings. The summed E-state index contributed by atoms with van der Waals surface area (Å²) in [6.45, 7) is 10.4. The van der Waals surface area contributed by atoms with E-state index in [1.807, 2.05) is 42.5 Å². The maximum atomic E-state index is 14.2. The van der Waals surface area contributed by atoms with Crippen LogP contribution in [0.1, 0.15) is 46.5 Å². The molecule has 0 radical (unpaired) electrons. The summed E-state index contributed by atoms with van der Waals surface area (Å²) in [5.41, 5.74) is 5.26. The third kappa shape index (κ3) is 5.14. The standard InChI is InChI=1S/C39H43N7O2/c1-25-22-30-28-11-10-26-23-27(47)12-14-38(26,2)29(28)13-15-39(30,3)34(25)33(48)24-45-18-20-46(21-19-45)37-42-35(31-8-4-6-16-40-31)36(43-44-37)32-9-5-7-17-41-32/h4-9,12-14,16-17,23,25,28,30,34H,10-11,15,18-22,24H2,1-3H3/t25?,28-,30+,34-,38+,39+/m1/s1. The van der Waals surface area contributed by atoms with Crippen molar-refractivity contribution in [1.29, 1.82) is 0 Å². The van der Waals surface area contributed by atoms with Crippen LogP contribution in [-0.2, 0) is 9.59 Å². The zero-order valence-corrected chi connectivity index (χ0v) is 28.0. The average molecular weight is 642 g/mol. The molecule has 1 aliphatic heterocycles. The van der Waals surface area contributed by atoms with Crippen molar-refractivity contribution in [2.75, 3.05) is 37.6 Å². The normalized spacial score (nSPS) is 31.4. The van der Waals surface area contributed by atoms with Crippen molar-refractivity contribution in [2.45, 2.75) is 46.5 Å². The molecular weight excluding hydrogens is 598 g/mol. The molecule has 1 unspecified atom stereocenters. The fourth-order valence-electron chi connectivity index (χ4n) is 9.81. The Morgan fingerprint density at radius 3 is 2.40 bits per heavy atom. The van der Waals surface area contributed by atoms with Crippen LogP contribution in [-0.4, -0.2) is 74.3 Å². The Morgan fingerprint density at radius 1 is 0.958 bits per heavy atom. The highest BCUT2D eigenvalue weighted by molar-refractivity contribution is 6.01. The SMILES string of the molecule is CC1C[C@H]2[C@@H]3CCC4=CC(=O)C=C[C@]4(C)C3=CC[C@]2(C)[C@H]1C(=O)CN1CCN(c2nnc(-c3ccccn3)c(-c3ccccn3)n2)CC1. The van der Waals surface area contributed by atoms with Gasteiger partial charge in [-0.25, -0.2) is 4.98 Å². The number of nitrogens with zero attached hydrogens (tertiary/aromatic N) is 7. The number of aromatic nitrogens is 5. The number of hydrogen-bond donors (Lipinski definition) is 0. The fraction of sp³-hybridized carbons (Fsp3) is 0.462. The van der Waals surface area contributed by atoms with Crippen LogP contribution in [0.2, 0.25) is 0 Å². The Kier molecular flexibility index (Phi) is 7.70. The van der Waals surface area contributed by atoms with Gasteiger partial charge in [-0.2, -0.15) is 0 Å². The third-order valence-electron chi connectivity index (χ3n) is 12.2. The first kappa shape index (κ1) is 30.9. The first-order chi connectivity index (χ1) is 23.2. The van der Waals surface area contributed by atoms with E-state index in [4.69, 9.17) is 4.98 Å². The monoisotopic (exact) mass is 641 g/mol. The molecule has 5 aliphatic rings. The molecule has 0 amide bonds. The number of anilines is 1. The summed E-state index contributed by atoms with van der Waals surface area (Å²) in [7, 11) is 0. The molecule has 9 heteroatoms. The number of carbonyl (C=O) groups excluding carboxylic acids is 2. The van der Waals surface area contributed by atoms with Gasteiger partial charge in [-0.15, -0.1) is 10.2 Å². The van der Waals surface area contributed by atoms with E-state index in [1.165, 1.54) is 11.1 Å². The van der Waals surface area contributed by atoms with Crippen molar-refractivity contribution in [3.05, 3.63) is 84.2 Å². The number of Topliss-reactive ketones (excluding diaryl/α,β-unsaturated/α-hetero) is 1. The van der Waals surface area contributed by atoms with Gasteiger partial charge in [0.1, 0.15) is 11.4 Å². The van der Waals surface area contributed by atoms with Crippen molar-refractivity contribution in [3.8, 4) is 22.8 Å². The van der Waals surface area contributed by atoms with E-state index in [9.17, 15) is 9.59 Å². The zero-order valence-electron chi connectivity index (χ0n) is 28.0. The van der Waals surface area contributed by atoms with E-state index in [0.29, 0.717) is 53.1 Å². The zero-order chi connectivity index (χ0) is 33.0. The van der Waals surface area contributed by atoms with Gasteiger partial charge >= 0.3 is 0 Å². The first-order valence-electron chi connectivity index (χ1n) is 17.5. The fourth-order valence-corrected chi connectivity index (χ4v) is 9.81. The molecule has 0 bridgehead atoms. The lowest BCUT2D eigenvalue weighted by Crippen LogP contribution is -2.51. The minimum atomic E-state index is -0.153. The van der Waals surface area contributed by atoms with Crippen LogP contribution in [0.25, 0.3) is 22.8 Å². The third-order valence-corrected chi connectivity index (χ3v) is 12.2. The molecule has 4 heterocycles. The van der Waals surface area contributed by atoms with E-state index >= 15 is 0 Å². The molecule has 0 aromatic carbocycles. The Labute approximate surface area is 282 Å². The van der Waals surface area contributed by atoms with Crippen molar-refractivity contribution in [2.24, 2.45) is 34.5 Å². The highest BCUT2D eigenvalue weighted by atomic mass is 16.1. The lowest BCUT2D eigenvalue weighted by Gasteiger charge is -2.52. The molecule has 4 aliphatic carbocycles. The first-order valence-corrected chi connectivity index (χ1v) is 17.5. The van der Waals surface area contributed by atoms with Crippen LogP contribution >= 0.6 is 0 Å². The molecule has 3 aromatic heterocycles. The van der Waals surface area contributed by atoms with Crippen LogP contribution in [0.4, 0.5) is 5.95 Å². The van der Waals surface area contributed by atoms with Gasteiger partial charge in [0, 0.05) is 49.9 Å². The van der Waals surface area contributed by atoms with Crippen LogP contribution in [0.15, 0.2) is 84.2 Å². The van der Waals surface area contributed by atoms with E-state index in [1.54, 1.807) is 18.5 Å². The largest absolute Gasteiger partial charge is 0.337 e. The number of pyridine rings is 2. The maximum Gasteiger partial charge on any atom is 0.246 e. The predicted molar refractivity (Wildman–Crippen MR) is 185 cm³/mol. The molecule has 48 heavy (non-hydrogen) atoms. The molecule has 0 N–H and O–H groups in total. The molecule has 9 nitrogen and oxygen atoms in total. The number of ketones is 2. The van der Waals surface area contributed by atoms with Gasteiger partial charge in [0.2, 0.25) is 5.95 Å². The van der Waals surface area contributed by atoms with Gasteiger partial charge in [-0.1, -0.05) is 49.3 Å². The predicted octanol–water partition coefficient (Wildman–Crippen LogP) is 5.78. The second-order valence-electron chi connectivity index (χ2n) is 14.9. The molecule has 8 rings (SSSR count). The smallest absolute Gasteiger partial charge is 0.246 e. The molecule has 3 aromatic rings. The summed E-state index contributed by atoms with van der Waals surface area (Å²) in [4.78, 5) is 44.8. The highest BCUT2D eigenvalue weighted by Gasteiger charge is 2.59. The van der Waals surface area contributed by atoms with Gasteiger partial charge < -0.3 is 4.90 Å². The Hall–Kier alpha value is -4.37. The summed E-state index contributed by atoms with van der Waals surface area (Å²) in [5, 5.41) is 9.11. The number of carbonyl (C=O) groups is 2. The number of piperazine rings is 1. The van der Waals surface area contributed by atoms with E-state index in [-0.39, 0.29) is 22.5 Å². The average Bonchev–Trinajstić information content (AvgIpc) is 3.39. The molecule has 2 saturated carbocycles. The summed E-state index contributed by atoms with van der Waals surface area (Å²) in [6, 6.07) is 11.5. The quantitative estimate of drug-likeness (QED) is 0.310. The van der Waals surface area contributed by atoms with E-state index in [0.717, 1.165) is 57.6 Å². The number of fused-ring (bicyclic) bond motifs is 5. The van der Waals surface area contributed by atoms with Gasteiger partial charge in [0.05, 0.1) is 17.9 Å². The molecule has 246 valence electrons. The number of rotatable bonds is 6. The summed E-state index contributed by atoms with van der Waals surface area (Å²) in [6.07, 6.45) is 15.8. The van der Waals surface area contributed by atoms with Crippen molar-refractivity contribution in [3.63, 3.8) is 0 Å². The van der Waals surface area contributed by atoms with Gasteiger partial charge in [0.25, 0.3) is 0 Å². The van der Waals surface area contributed by atoms with Crippen LogP contribution < -0.4 is 4.90 Å². The maximum absolute atomic E-state index is 14.2. The minimum absolute atomic E-state index is 0.0327. The highest BCUT2D eigenvalue weighted by Crippen LogP contribution is 2.65. The lowest BCUT2D eigenvalue weighted by atomic mass is 9.52. The van der Waals surface area contributed by atoms with Crippen LogP contribution in [0.5, 0.6) is 0 Å². The second-order valence-corrected chi connectivity index (χ2v) is 14.9. The number of allylic oxidation sites excluding steroid dienone is 6. The Bertz CT molecular complexity index is 1830. The van der Waals surface area contributed by atoms with Crippen LogP contribution in [0, 0.1) is 34.5 Å². The van der Waals surface area contributed by atoms with Gasteiger partial charge in [-0.3, -0.25) is 24.5 Å². The molecule has 0 spiro atoms. The summed E-state index contributed by atoms with van der Waals surface area (Å²) >= 11 is 0. The van der Waals surface area contributed by atoms with Gasteiger partial charge in [0.15, 0.2) is 11.6 Å². The minimum Gasteiger partial charge on any atom is -0.337 e. The summed E-state index contributed by atoms with van der Waals surface area (Å²) < 4.78 is 0. The van der Waals surface area contributed by atoms with Crippen LogP contribution in [0.3, 0.4) is 0 Å². The second kappa shape index (κ2) is 11.9. The molecule has 1 saturated heterocycles. The topological polar surface area (TPSA) is 105 Å².